The minimum Gasteiger partial charge on any atom is -0.481 e. The number of aliphatic hydroxyl groups excluding tert-OH is 2. The molecule has 66 heavy (non-hydrogen) atoms. The third-order valence-corrected chi connectivity index (χ3v) is 11.4. The van der Waals surface area contributed by atoms with Crippen LogP contribution in [-0.4, -0.2) is 105 Å². The molecule has 11 rings (SSSR count). The summed E-state index contributed by atoms with van der Waals surface area (Å²) in [5.74, 6) is -3.48. The second-order valence-corrected chi connectivity index (χ2v) is 16.4. The fraction of sp³-hybridized carbons (Fsp3) is 0.400. The quantitative estimate of drug-likeness (QED) is 0.0983. The summed E-state index contributed by atoms with van der Waals surface area (Å²) in [6, 6.07) is 29.7. The van der Waals surface area contributed by atoms with Crippen LogP contribution in [0.3, 0.4) is 0 Å². The zero-order chi connectivity index (χ0) is 47.6. The maximum Gasteiger partial charge on any atom is 0.303 e. The highest BCUT2D eigenvalue weighted by atomic mass is 16.5. The number of carbonyl (C=O) groups excluding carboxylic acids is 4. The number of aliphatic hydroxyl groups is 4. The molecule has 0 spiro atoms. The Morgan fingerprint density at radius 1 is 0.364 bits per heavy atom. The van der Waals surface area contributed by atoms with E-state index in [1.165, 1.54) is 0 Å². The fourth-order valence-electron chi connectivity index (χ4n) is 7.79. The highest BCUT2D eigenvalue weighted by Crippen LogP contribution is 2.26. The van der Waals surface area contributed by atoms with E-state index in [1.54, 1.807) is 19.6 Å². The van der Waals surface area contributed by atoms with Gasteiger partial charge in [0.15, 0.2) is 12.6 Å². The number of nitrogens with zero attached hydrogens (tertiary/aromatic N) is 4. The normalized spacial score (nSPS) is 14.3. The first-order valence-corrected chi connectivity index (χ1v) is 22.4. The van der Waals surface area contributed by atoms with Gasteiger partial charge in [0.1, 0.15) is 0 Å². The second-order valence-electron chi connectivity index (χ2n) is 16.4. The molecule has 6 N–H and O–H groups in total. The van der Waals surface area contributed by atoms with E-state index in [4.69, 9.17) is 0 Å². The molecular formula is C50H60N4O12. The predicted octanol–water partition coefficient (Wildman–Crippen LogP) is 5.39. The van der Waals surface area contributed by atoms with Gasteiger partial charge in [-0.05, 0) is 109 Å². The van der Waals surface area contributed by atoms with E-state index < -0.39 is 24.5 Å². The standard InChI is InChI=1S/C50H60N4O12/c55-43(21-25-47(59)60)51-29-1-2-30-52(44(56)22-26-48(61)62)40-15-7-36(8-16-40)34-38-11-19-42(20-12-38)54(46(58)24-28-50(65)66)32-4-3-31-53(45(57)23-27-49(63)64)41-17-9-37(10-18-41)33-35-5-13-39(51)14-6-35/h5-20,47,50,59-60,65-66H,1-4,21-34H2,(H,61,62)(H,63,64). The van der Waals surface area contributed by atoms with Crippen LogP contribution in [0.1, 0.15) is 99.3 Å². The van der Waals surface area contributed by atoms with Crippen LogP contribution in [0.4, 0.5) is 22.7 Å². The number of anilines is 4. The van der Waals surface area contributed by atoms with Crippen molar-refractivity contribution >= 4 is 58.3 Å². The van der Waals surface area contributed by atoms with Crippen LogP contribution in [0.2, 0.25) is 0 Å². The van der Waals surface area contributed by atoms with Gasteiger partial charge in [-0.1, -0.05) is 48.5 Å². The number of benzene rings is 4. The molecule has 7 heterocycles. The zero-order valence-electron chi connectivity index (χ0n) is 37.0. The molecule has 0 unspecified atom stereocenters. The Balaban J connectivity index is 1.46. The van der Waals surface area contributed by atoms with Crippen LogP contribution in [0.15, 0.2) is 97.1 Å². The topological polar surface area (TPSA) is 237 Å². The van der Waals surface area contributed by atoms with Crippen molar-refractivity contribution in [1.29, 1.82) is 0 Å². The summed E-state index contributed by atoms with van der Waals surface area (Å²) in [5, 5.41) is 56.6. The Morgan fingerprint density at radius 3 is 0.803 bits per heavy atom. The lowest BCUT2D eigenvalue weighted by Crippen LogP contribution is -2.35. The third-order valence-electron chi connectivity index (χ3n) is 11.4. The maximum atomic E-state index is 13.5. The summed E-state index contributed by atoms with van der Waals surface area (Å²) in [4.78, 5) is 82.9. The van der Waals surface area contributed by atoms with Crippen molar-refractivity contribution in [2.45, 2.75) is 102 Å². The van der Waals surface area contributed by atoms with E-state index in [9.17, 15) is 59.4 Å². The molecule has 4 aromatic carbocycles. The van der Waals surface area contributed by atoms with E-state index in [-0.39, 0.29) is 101 Å². The van der Waals surface area contributed by atoms with E-state index in [1.807, 2.05) is 97.1 Å². The first-order valence-electron chi connectivity index (χ1n) is 22.4. The Labute approximate surface area is 384 Å². The minimum absolute atomic E-state index is 0.104. The van der Waals surface area contributed by atoms with Crippen LogP contribution in [-0.2, 0) is 41.6 Å². The molecule has 0 fully saturated rings. The van der Waals surface area contributed by atoms with Gasteiger partial charge >= 0.3 is 11.9 Å². The van der Waals surface area contributed by atoms with Crippen molar-refractivity contribution in [1.82, 2.24) is 0 Å². The Hall–Kier alpha value is -6.46. The molecular weight excluding hydrogens is 849 g/mol. The lowest BCUT2D eigenvalue weighted by molar-refractivity contribution is -0.139. The molecule has 16 nitrogen and oxygen atoms in total. The summed E-state index contributed by atoms with van der Waals surface area (Å²) >= 11 is 0. The van der Waals surface area contributed by atoms with Crippen molar-refractivity contribution in [3.8, 4) is 0 Å². The molecule has 0 aromatic heterocycles. The van der Waals surface area contributed by atoms with Crippen molar-refractivity contribution in [3.63, 3.8) is 0 Å². The Bertz CT molecular complexity index is 2070. The summed E-state index contributed by atoms with van der Waals surface area (Å²) in [6.45, 7) is 1.06. The molecule has 4 amide bonds. The molecule has 16 heteroatoms. The molecule has 7 aliphatic rings. The fourth-order valence-corrected chi connectivity index (χ4v) is 7.79. The van der Waals surface area contributed by atoms with Crippen LogP contribution in [0, 0.1) is 0 Å². The third kappa shape index (κ3) is 15.9. The van der Waals surface area contributed by atoms with Crippen LogP contribution >= 0.6 is 0 Å². The van der Waals surface area contributed by atoms with E-state index in [2.05, 4.69) is 0 Å². The smallest absolute Gasteiger partial charge is 0.303 e. The summed E-state index contributed by atoms with van der Waals surface area (Å²) < 4.78 is 0. The molecule has 0 radical (unpaired) electrons. The molecule has 352 valence electrons. The number of hydrogen-bond acceptors (Lipinski definition) is 10. The van der Waals surface area contributed by atoms with E-state index >= 15 is 0 Å². The molecule has 0 atom stereocenters. The largest absolute Gasteiger partial charge is 0.481 e. The van der Waals surface area contributed by atoms with Crippen LogP contribution in [0.5, 0.6) is 0 Å². The van der Waals surface area contributed by atoms with Crippen LogP contribution in [0.25, 0.3) is 0 Å². The minimum atomic E-state index is -1.65. The lowest BCUT2D eigenvalue weighted by atomic mass is 10.0. The van der Waals surface area contributed by atoms with Crippen molar-refractivity contribution in [2.24, 2.45) is 0 Å². The number of amides is 4. The summed E-state index contributed by atoms with van der Waals surface area (Å²) in [7, 11) is 0. The first-order chi connectivity index (χ1) is 31.7. The van der Waals surface area contributed by atoms with Gasteiger partial charge in [0.25, 0.3) is 0 Å². The first kappa shape index (κ1) is 50.5. The van der Waals surface area contributed by atoms with Gasteiger partial charge in [-0.2, -0.15) is 0 Å². The SMILES string of the molecule is O=C(O)CCC(=O)N1CCCCN(C(=O)CCC(O)O)c2ccc(cc2)Cc2ccc(cc2)N(C(=O)CCC(=O)O)CCCCN(C(=O)CCC(O)O)c2ccc(cc2)Cc2ccc1cc2. The Kier molecular flexibility index (Phi) is 19.4. The average Bonchev–Trinajstić information content (AvgIpc) is 3.29. The molecule has 0 saturated carbocycles. The van der Waals surface area contributed by atoms with E-state index in [0.29, 0.717) is 61.3 Å². The molecule has 0 aliphatic carbocycles. The molecule has 4 aromatic rings. The van der Waals surface area contributed by atoms with Gasteiger partial charge < -0.3 is 50.2 Å². The molecule has 7 aliphatic heterocycles. The number of carboxylic acid groups (broad SMARTS) is 2. The van der Waals surface area contributed by atoms with Crippen molar-refractivity contribution in [2.75, 3.05) is 45.8 Å². The van der Waals surface area contributed by atoms with Gasteiger partial charge in [-0.15, -0.1) is 0 Å². The van der Waals surface area contributed by atoms with Gasteiger partial charge in [-0.3, -0.25) is 28.8 Å². The molecule has 0 saturated heterocycles. The highest BCUT2D eigenvalue weighted by molar-refractivity contribution is 5.96. The van der Waals surface area contributed by atoms with Crippen molar-refractivity contribution < 1.29 is 59.4 Å². The number of aliphatic carboxylic acids is 2. The second kappa shape index (κ2) is 25.3. The Morgan fingerprint density at radius 2 is 0.591 bits per heavy atom. The predicted molar refractivity (Wildman–Crippen MR) is 248 cm³/mol. The van der Waals surface area contributed by atoms with Crippen molar-refractivity contribution in [3.05, 3.63) is 119 Å². The number of rotatable bonds is 12. The van der Waals surface area contributed by atoms with Gasteiger partial charge in [0, 0.05) is 87.5 Å². The van der Waals surface area contributed by atoms with Gasteiger partial charge in [-0.25, -0.2) is 0 Å². The van der Waals surface area contributed by atoms with E-state index in [0.717, 1.165) is 22.3 Å². The van der Waals surface area contributed by atoms with Crippen LogP contribution < -0.4 is 19.6 Å². The molecule has 8 bridgehead atoms. The van der Waals surface area contributed by atoms with Gasteiger partial charge in [0.05, 0.1) is 12.8 Å². The zero-order valence-corrected chi connectivity index (χ0v) is 37.0. The monoisotopic (exact) mass is 908 g/mol. The lowest BCUT2D eigenvalue weighted by Gasteiger charge is -2.26. The number of hydrogen-bond donors (Lipinski definition) is 6. The summed E-state index contributed by atoms with van der Waals surface area (Å²) in [6.07, 6.45) is -1.91. The number of carbonyl (C=O) groups is 6. The maximum absolute atomic E-state index is 13.5. The van der Waals surface area contributed by atoms with Gasteiger partial charge in [0.2, 0.25) is 23.6 Å². The number of carboxylic acids is 2. The average molecular weight is 909 g/mol. The highest BCUT2D eigenvalue weighted by Gasteiger charge is 2.22. The summed E-state index contributed by atoms with van der Waals surface area (Å²) in [5.41, 5.74) is 6.13.